The van der Waals surface area contributed by atoms with Crippen molar-refractivity contribution >= 4 is 21.8 Å². The number of halogens is 1. The zero-order chi connectivity index (χ0) is 12.4. The van der Waals surface area contributed by atoms with E-state index in [1.165, 1.54) is 25.3 Å². The molecule has 2 N–H and O–H groups in total. The predicted molar refractivity (Wildman–Crippen MR) is 70.1 cm³/mol. The van der Waals surface area contributed by atoms with E-state index in [4.69, 9.17) is 0 Å². The summed E-state index contributed by atoms with van der Waals surface area (Å²) in [5.74, 6) is 0.406. The molecule has 1 amide bonds. The van der Waals surface area contributed by atoms with Crippen LogP contribution in [0.15, 0.2) is 22.7 Å². The molecule has 1 aliphatic rings. The SMILES string of the molecule is CC(NC(=O)c1cc(Br)ccc1O)C1CCC1. The Morgan fingerprint density at radius 2 is 2.24 bits per heavy atom. The topological polar surface area (TPSA) is 49.3 Å². The third kappa shape index (κ3) is 2.80. The maximum Gasteiger partial charge on any atom is 0.255 e. The number of carbonyl (C=O) groups excluding carboxylic acids is 1. The van der Waals surface area contributed by atoms with E-state index < -0.39 is 0 Å². The smallest absolute Gasteiger partial charge is 0.255 e. The fourth-order valence-electron chi connectivity index (χ4n) is 2.03. The summed E-state index contributed by atoms with van der Waals surface area (Å²) in [5, 5.41) is 12.6. The van der Waals surface area contributed by atoms with Gasteiger partial charge in [0.15, 0.2) is 0 Å². The molecule has 0 spiro atoms. The molecule has 0 radical (unpaired) electrons. The predicted octanol–water partition coefficient (Wildman–Crippen LogP) is 3.07. The number of carbonyl (C=O) groups is 1. The molecule has 0 saturated heterocycles. The fourth-order valence-corrected chi connectivity index (χ4v) is 2.39. The summed E-state index contributed by atoms with van der Waals surface area (Å²) in [7, 11) is 0. The third-order valence-corrected chi connectivity index (χ3v) is 3.91. The lowest BCUT2D eigenvalue weighted by Gasteiger charge is -2.31. The van der Waals surface area contributed by atoms with E-state index in [2.05, 4.69) is 21.2 Å². The van der Waals surface area contributed by atoms with Gasteiger partial charge in [-0.05, 0) is 43.9 Å². The second-order valence-corrected chi connectivity index (χ2v) is 5.53. The molecule has 1 saturated carbocycles. The van der Waals surface area contributed by atoms with Gasteiger partial charge in [-0.3, -0.25) is 4.79 Å². The van der Waals surface area contributed by atoms with Gasteiger partial charge in [0.2, 0.25) is 0 Å². The van der Waals surface area contributed by atoms with Crippen molar-refractivity contribution in [2.45, 2.75) is 32.2 Å². The number of phenolic OH excluding ortho intramolecular Hbond substituents is 1. The Morgan fingerprint density at radius 3 is 2.82 bits per heavy atom. The number of amides is 1. The van der Waals surface area contributed by atoms with Gasteiger partial charge in [-0.2, -0.15) is 0 Å². The number of nitrogens with one attached hydrogen (secondary N) is 1. The lowest BCUT2D eigenvalue weighted by atomic mass is 9.80. The van der Waals surface area contributed by atoms with E-state index in [1.807, 2.05) is 6.92 Å². The first-order valence-corrected chi connectivity index (χ1v) is 6.66. The quantitative estimate of drug-likeness (QED) is 0.901. The zero-order valence-electron chi connectivity index (χ0n) is 9.74. The highest BCUT2D eigenvalue weighted by Crippen LogP contribution is 2.30. The summed E-state index contributed by atoms with van der Waals surface area (Å²) < 4.78 is 0.789. The van der Waals surface area contributed by atoms with Gasteiger partial charge < -0.3 is 10.4 Å². The first kappa shape index (κ1) is 12.4. The summed E-state index contributed by atoms with van der Waals surface area (Å²) >= 11 is 3.29. The molecule has 1 atom stereocenters. The monoisotopic (exact) mass is 297 g/mol. The van der Waals surface area contributed by atoms with Gasteiger partial charge in [0.05, 0.1) is 5.56 Å². The summed E-state index contributed by atoms with van der Waals surface area (Å²) in [5.41, 5.74) is 0.325. The van der Waals surface area contributed by atoms with E-state index in [9.17, 15) is 9.90 Å². The van der Waals surface area contributed by atoms with Crippen LogP contribution in [0.5, 0.6) is 5.75 Å². The molecule has 1 unspecified atom stereocenters. The molecular weight excluding hydrogens is 282 g/mol. The van der Waals surface area contributed by atoms with Gasteiger partial charge in [-0.15, -0.1) is 0 Å². The van der Waals surface area contributed by atoms with Crippen LogP contribution in [0, 0.1) is 5.92 Å². The molecular formula is C13H16BrNO2. The van der Waals surface area contributed by atoms with Crippen molar-refractivity contribution in [1.29, 1.82) is 0 Å². The molecule has 0 heterocycles. The summed E-state index contributed by atoms with van der Waals surface area (Å²) in [6, 6.07) is 5.04. The number of rotatable bonds is 3. The van der Waals surface area contributed by atoms with Crippen molar-refractivity contribution in [1.82, 2.24) is 5.32 Å². The van der Waals surface area contributed by atoms with Crippen LogP contribution in [-0.2, 0) is 0 Å². The van der Waals surface area contributed by atoms with Gasteiger partial charge in [0.25, 0.3) is 5.91 Å². The lowest BCUT2D eigenvalue weighted by Crippen LogP contribution is -2.40. The molecule has 1 aliphatic carbocycles. The number of aromatic hydroxyl groups is 1. The zero-order valence-corrected chi connectivity index (χ0v) is 11.3. The Hall–Kier alpha value is -1.03. The van der Waals surface area contributed by atoms with E-state index in [0.717, 1.165) is 4.47 Å². The van der Waals surface area contributed by atoms with Crippen LogP contribution in [0.4, 0.5) is 0 Å². The van der Waals surface area contributed by atoms with E-state index in [1.54, 1.807) is 12.1 Å². The van der Waals surface area contributed by atoms with Gasteiger partial charge in [0, 0.05) is 10.5 Å². The first-order valence-electron chi connectivity index (χ1n) is 5.87. The average Bonchev–Trinajstić information content (AvgIpc) is 2.18. The van der Waals surface area contributed by atoms with Gasteiger partial charge in [0.1, 0.15) is 5.75 Å². The molecule has 1 fully saturated rings. The van der Waals surface area contributed by atoms with Crippen LogP contribution in [0.2, 0.25) is 0 Å². The second-order valence-electron chi connectivity index (χ2n) is 4.61. The van der Waals surface area contributed by atoms with Crippen LogP contribution in [-0.4, -0.2) is 17.1 Å². The Balaban J connectivity index is 2.05. The van der Waals surface area contributed by atoms with Crippen LogP contribution in [0.3, 0.4) is 0 Å². The third-order valence-electron chi connectivity index (χ3n) is 3.42. The molecule has 1 aromatic rings. The van der Waals surface area contributed by atoms with E-state index in [0.29, 0.717) is 11.5 Å². The van der Waals surface area contributed by atoms with Crippen LogP contribution < -0.4 is 5.32 Å². The van der Waals surface area contributed by atoms with E-state index in [-0.39, 0.29) is 17.7 Å². The summed E-state index contributed by atoms with van der Waals surface area (Å²) in [6.45, 7) is 2.02. The molecule has 1 aromatic carbocycles. The largest absolute Gasteiger partial charge is 0.507 e. The standard InChI is InChI=1S/C13H16BrNO2/c1-8(9-3-2-4-9)15-13(17)11-7-10(14)5-6-12(11)16/h5-9,16H,2-4H2,1H3,(H,15,17). The Labute approximate surface area is 109 Å². The number of phenols is 1. The molecule has 17 heavy (non-hydrogen) atoms. The summed E-state index contributed by atoms with van der Waals surface area (Å²) in [6.07, 6.45) is 3.63. The Bertz CT molecular complexity index is 429. The second kappa shape index (κ2) is 5.08. The first-order chi connectivity index (χ1) is 8.08. The van der Waals surface area contributed by atoms with Crippen molar-refractivity contribution in [3.8, 4) is 5.75 Å². The number of hydrogen-bond donors (Lipinski definition) is 2. The minimum Gasteiger partial charge on any atom is -0.507 e. The Morgan fingerprint density at radius 1 is 1.53 bits per heavy atom. The van der Waals surface area contributed by atoms with Gasteiger partial charge >= 0.3 is 0 Å². The normalized spacial score (nSPS) is 17.3. The highest BCUT2D eigenvalue weighted by atomic mass is 79.9. The molecule has 0 aliphatic heterocycles. The van der Waals surface area contributed by atoms with Gasteiger partial charge in [-0.25, -0.2) is 0 Å². The van der Waals surface area contributed by atoms with Crippen LogP contribution >= 0.6 is 15.9 Å². The lowest BCUT2D eigenvalue weighted by molar-refractivity contribution is 0.0906. The molecule has 0 aromatic heterocycles. The molecule has 2 rings (SSSR count). The molecule has 4 heteroatoms. The average molecular weight is 298 g/mol. The Kier molecular flexibility index (Phi) is 3.72. The van der Waals surface area contributed by atoms with Crippen molar-refractivity contribution < 1.29 is 9.90 Å². The number of benzene rings is 1. The van der Waals surface area contributed by atoms with Gasteiger partial charge in [-0.1, -0.05) is 22.4 Å². The van der Waals surface area contributed by atoms with Crippen molar-refractivity contribution in [2.75, 3.05) is 0 Å². The highest BCUT2D eigenvalue weighted by molar-refractivity contribution is 9.10. The molecule has 3 nitrogen and oxygen atoms in total. The van der Waals surface area contributed by atoms with Crippen LogP contribution in [0.25, 0.3) is 0 Å². The van der Waals surface area contributed by atoms with Crippen molar-refractivity contribution in [3.05, 3.63) is 28.2 Å². The minimum absolute atomic E-state index is 0.0199. The highest BCUT2D eigenvalue weighted by Gasteiger charge is 2.25. The number of hydrogen-bond acceptors (Lipinski definition) is 2. The van der Waals surface area contributed by atoms with E-state index >= 15 is 0 Å². The molecule has 92 valence electrons. The van der Waals surface area contributed by atoms with Crippen molar-refractivity contribution in [3.63, 3.8) is 0 Å². The fraction of sp³-hybridized carbons (Fsp3) is 0.462. The minimum atomic E-state index is -0.205. The summed E-state index contributed by atoms with van der Waals surface area (Å²) in [4.78, 5) is 12.0. The van der Waals surface area contributed by atoms with Crippen molar-refractivity contribution in [2.24, 2.45) is 5.92 Å². The maximum atomic E-state index is 12.0. The maximum absolute atomic E-state index is 12.0. The molecule has 0 bridgehead atoms. The van der Waals surface area contributed by atoms with Crippen LogP contribution in [0.1, 0.15) is 36.5 Å².